The van der Waals surface area contributed by atoms with Crippen LogP contribution in [0, 0.1) is 5.92 Å². The number of aliphatic hydroxyl groups excluding tert-OH is 1. The zero-order chi connectivity index (χ0) is 16.3. The summed E-state index contributed by atoms with van der Waals surface area (Å²) < 4.78 is 27.6. The molecule has 0 radical (unpaired) electrons. The highest BCUT2D eigenvalue weighted by Gasteiger charge is 2.28. The molecule has 0 aliphatic carbocycles. The second-order valence-electron chi connectivity index (χ2n) is 5.93. The van der Waals surface area contributed by atoms with E-state index in [9.17, 15) is 13.5 Å². The molecular weight excluding hydrogens is 388 g/mol. The van der Waals surface area contributed by atoms with E-state index in [1.54, 1.807) is 25.4 Å². The number of piperidine rings is 1. The first-order valence-electron chi connectivity index (χ1n) is 7.40. The number of hydrogen-bond donors (Lipinski definition) is 1. The van der Waals surface area contributed by atoms with Crippen molar-refractivity contribution in [3.8, 4) is 0 Å². The van der Waals surface area contributed by atoms with Gasteiger partial charge in [0, 0.05) is 24.6 Å². The molecule has 1 N–H and O–H groups in total. The average molecular weight is 411 g/mol. The van der Waals surface area contributed by atoms with Crippen molar-refractivity contribution in [2.45, 2.75) is 30.1 Å². The molecule has 5 nitrogen and oxygen atoms in total. The average Bonchev–Trinajstić information content (AvgIpc) is 2.87. The highest BCUT2D eigenvalue weighted by atomic mass is 79.9. The van der Waals surface area contributed by atoms with Crippen molar-refractivity contribution in [2.75, 3.05) is 33.2 Å². The van der Waals surface area contributed by atoms with Crippen LogP contribution in [0.25, 0.3) is 0 Å². The fourth-order valence-electron chi connectivity index (χ4n) is 2.79. The molecule has 1 aliphatic rings. The minimum atomic E-state index is -3.41. The van der Waals surface area contributed by atoms with Crippen molar-refractivity contribution < 1.29 is 13.5 Å². The Morgan fingerprint density at radius 2 is 2.14 bits per heavy atom. The maximum atomic E-state index is 12.6. The molecular formula is C14H23BrN2O3S2. The smallest absolute Gasteiger partial charge is 0.253 e. The van der Waals surface area contributed by atoms with Gasteiger partial charge in [0.15, 0.2) is 0 Å². The monoisotopic (exact) mass is 410 g/mol. The van der Waals surface area contributed by atoms with Crippen LogP contribution in [0.2, 0.25) is 0 Å². The van der Waals surface area contributed by atoms with Gasteiger partial charge in [0.1, 0.15) is 4.21 Å². The summed E-state index contributed by atoms with van der Waals surface area (Å²) in [6, 6.07) is 1.76. The third kappa shape index (κ3) is 4.52. The normalized spacial score (nSPS) is 19.7. The maximum absolute atomic E-state index is 12.6. The number of aliphatic hydroxyl groups is 1. The van der Waals surface area contributed by atoms with Gasteiger partial charge < -0.3 is 10.0 Å². The van der Waals surface area contributed by atoms with Crippen LogP contribution in [-0.4, -0.2) is 62.1 Å². The first-order chi connectivity index (χ1) is 10.3. The summed E-state index contributed by atoms with van der Waals surface area (Å²) in [5.74, 6) is 0.378. The summed E-state index contributed by atoms with van der Waals surface area (Å²) in [4.78, 5) is 2.24. The second-order valence-corrected chi connectivity index (χ2v) is 9.95. The van der Waals surface area contributed by atoms with Gasteiger partial charge in [0.05, 0.1) is 6.10 Å². The standard InChI is InChI=1S/C14H23BrN2O3S2/c1-11(18)9-17-6-3-12(4-7-17)10-16(2)22(19,20)14-13(15)5-8-21-14/h5,8,11-12,18H,3-4,6-7,9-10H2,1-2H3/t11-/m1/s1. The van der Waals surface area contributed by atoms with Gasteiger partial charge in [0.2, 0.25) is 0 Å². The van der Waals surface area contributed by atoms with Crippen molar-refractivity contribution in [2.24, 2.45) is 5.92 Å². The number of hydrogen-bond acceptors (Lipinski definition) is 5. The summed E-state index contributed by atoms with van der Waals surface area (Å²) in [5.41, 5.74) is 0. The van der Waals surface area contributed by atoms with E-state index in [-0.39, 0.29) is 6.10 Å². The highest BCUT2D eigenvalue weighted by molar-refractivity contribution is 9.10. The Labute approximate surface area is 145 Å². The lowest BCUT2D eigenvalue weighted by atomic mass is 9.97. The van der Waals surface area contributed by atoms with E-state index in [1.165, 1.54) is 15.6 Å². The second kappa shape index (κ2) is 7.72. The van der Waals surface area contributed by atoms with Crippen molar-refractivity contribution in [1.82, 2.24) is 9.21 Å². The maximum Gasteiger partial charge on any atom is 0.253 e. The van der Waals surface area contributed by atoms with E-state index in [2.05, 4.69) is 20.8 Å². The molecule has 1 atom stereocenters. The molecule has 1 fully saturated rings. The SMILES string of the molecule is C[C@@H](O)CN1CCC(CN(C)S(=O)(=O)c2sccc2Br)CC1. The first kappa shape index (κ1) is 18.4. The van der Waals surface area contributed by atoms with Gasteiger partial charge in [-0.1, -0.05) is 0 Å². The Hall–Kier alpha value is 0.01000. The molecule has 0 saturated carbocycles. The quantitative estimate of drug-likeness (QED) is 0.780. The first-order valence-corrected chi connectivity index (χ1v) is 10.5. The van der Waals surface area contributed by atoms with Crippen molar-refractivity contribution in [3.63, 3.8) is 0 Å². The van der Waals surface area contributed by atoms with Gasteiger partial charge in [-0.3, -0.25) is 0 Å². The Morgan fingerprint density at radius 3 is 2.64 bits per heavy atom. The van der Waals surface area contributed by atoms with Crippen LogP contribution in [0.3, 0.4) is 0 Å². The van der Waals surface area contributed by atoms with Crippen LogP contribution in [0.1, 0.15) is 19.8 Å². The van der Waals surface area contributed by atoms with Gasteiger partial charge in [-0.2, -0.15) is 4.31 Å². The number of likely N-dealkylation sites (tertiary alicyclic amines) is 1. The molecule has 1 aromatic rings. The molecule has 1 saturated heterocycles. The van der Waals surface area contributed by atoms with Crippen LogP contribution in [0.5, 0.6) is 0 Å². The van der Waals surface area contributed by atoms with Crippen molar-refractivity contribution in [3.05, 3.63) is 15.9 Å². The highest BCUT2D eigenvalue weighted by Crippen LogP contribution is 2.30. The van der Waals surface area contributed by atoms with Crippen LogP contribution < -0.4 is 0 Å². The van der Waals surface area contributed by atoms with Crippen LogP contribution in [-0.2, 0) is 10.0 Å². The van der Waals surface area contributed by atoms with Gasteiger partial charge >= 0.3 is 0 Å². The third-order valence-corrected chi connectivity index (χ3v) is 8.44. The minimum absolute atomic E-state index is 0.309. The van der Waals surface area contributed by atoms with E-state index in [0.29, 0.717) is 27.7 Å². The number of nitrogens with zero attached hydrogens (tertiary/aromatic N) is 2. The Morgan fingerprint density at radius 1 is 1.50 bits per heavy atom. The van der Waals surface area contributed by atoms with Gasteiger partial charge in [-0.15, -0.1) is 11.3 Å². The summed E-state index contributed by atoms with van der Waals surface area (Å²) in [5, 5.41) is 11.2. The number of halogens is 1. The minimum Gasteiger partial charge on any atom is -0.392 e. The Bertz CT molecular complexity index is 581. The van der Waals surface area contributed by atoms with Crippen molar-refractivity contribution >= 4 is 37.3 Å². The zero-order valence-electron chi connectivity index (χ0n) is 12.9. The summed E-state index contributed by atoms with van der Waals surface area (Å²) in [7, 11) is -1.75. The van der Waals surface area contributed by atoms with E-state index in [4.69, 9.17) is 0 Å². The Balaban J connectivity index is 1.91. The summed E-state index contributed by atoms with van der Waals surface area (Å²) in [6.07, 6.45) is 1.63. The van der Waals surface area contributed by atoms with Crippen LogP contribution in [0.15, 0.2) is 20.1 Å². The lowest BCUT2D eigenvalue weighted by Gasteiger charge is -2.34. The molecule has 2 heterocycles. The van der Waals surface area contributed by atoms with Crippen LogP contribution in [0.4, 0.5) is 0 Å². The molecule has 1 aliphatic heterocycles. The molecule has 0 aromatic carbocycles. The van der Waals surface area contributed by atoms with E-state index >= 15 is 0 Å². The Kier molecular flexibility index (Phi) is 6.44. The van der Waals surface area contributed by atoms with Gasteiger partial charge in [-0.05, 0) is 66.1 Å². The van der Waals surface area contributed by atoms with Gasteiger partial charge in [-0.25, -0.2) is 8.42 Å². The summed E-state index contributed by atoms with van der Waals surface area (Å²) in [6.45, 7) is 4.89. The number of sulfonamides is 1. The molecule has 0 amide bonds. The zero-order valence-corrected chi connectivity index (χ0v) is 16.1. The number of β-amino-alcohol motifs (C(OH)–C–C–N with tert-alkyl or cyclic N) is 1. The third-order valence-electron chi connectivity index (χ3n) is 3.97. The fraction of sp³-hybridized carbons (Fsp3) is 0.714. The van der Waals surface area contributed by atoms with Crippen molar-refractivity contribution in [1.29, 1.82) is 0 Å². The lowest BCUT2D eigenvalue weighted by Crippen LogP contribution is -2.41. The molecule has 0 bridgehead atoms. The lowest BCUT2D eigenvalue weighted by molar-refractivity contribution is 0.0972. The predicted octanol–water partition coefficient (Wildman–Crippen LogP) is 2.22. The molecule has 126 valence electrons. The van der Waals surface area contributed by atoms with Gasteiger partial charge in [0.25, 0.3) is 10.0 Å². The van der Waals surface area contributed by atoms with E-state index < -0.39 is 10.0 Å². The molecule has 0 spiro atoms. The van der Waals surface area contributed by atoms with Crippen LogP contribution >= 0.6 is 27.3 Å². The molecule has 8 heteroatoms. The molecule has 0 unspecified atom stereocenters. The molecule has 22 heavy (non-hydrogen) atoms. The van der Waals surface area contributed by atoms with E-state index in [0.717, 1.165) is 25.9 Å². The topological polar surface area (TPSA) is 60.9 Å². The molecule has 2 rings (SSSR count). The largest absolute Gasteiger partial charge is 0.392 e. The number of thiophene rings is 1. The number of rotatable bonds is 6. The predicted molar refractivity (Wildman–Crippen MR) is 92.7 cm³/mol. The summed E-state index contributed by atoms with van der Waals surface area (Å²) >= 11 is 4.54. The molecule has 1 aromatic heterocycles. The fourth-order valence-corrected chi connectivity index (χ4v) is 6.54. The van der Waals surface area contributed by atoms with E-state index in [1.807, 2.05) is 0 Å².